The van der Waals surface area contributed by atoms with E-state index in [1.165, 1.54) is 0 Å². The van der Waals surface area contributed by atoms with Crippen LogP contribution in [0.5, 0.6) is 11.5 Å². The van der Waals surface area contributed by atoms with E-state index < -0.39 is 0 Å². The molecule has 3 rings (SSSR count). The van der Waals surface area contributed by atoms with E-state index in [2.05, 4.69) is 0 Å². The lowest BCUT2D eigenvalue weighted by atomic mass is 10.1. The number of para-hydroxylation sites is 1. The van der Waals surface area contributed by atoms with Crippen LogP contribution in [0.15, 0.2) is 48.5 Å². The molecule has 1 heterocycles. The normalized spacial score (nSPS) is 13.2. The predicted octanol–water partition coefficient (Wildman–Crippen LogP) is 1.95. The van der Waals surface area contributed by atoms with Gasteiger partial charge in [-0.3, -0.25) is 4.79 Å². The van der Waals surface area contributed by atoms with Gasteiger partial charge in [-0.2, -0.15) is 0 Å². The summed E-state index contributed by atoms with van der Waals surface area (Å²) in [5.74, 6) is 1.29. The number of hydrogen-bond donors (Lipinski definition) is 1. The first-order chi connectivity index (χ1) is 10.8. The standard InChI is InChI=1S/C17H18N2O3/c18-11-13-6-7-15-16(10-13)21-9-8-19(15)17(20)12-22-14-4-2-1-3-5-14/h1-7,10H,8-9,11-12,18H2. The Morgan fingerprint density at radius 3 is 2.82 bits per heavy atom. The molecule has 1 aliphatic heterocycles. The summed E-state index contributed by atoms with van der Waals surface area (Å²) in [5.41, 5.74) is 7.38. The summed E-state index contributed by atoms with van der Waals surface area (Å²) in [6, 6.07) is 15.0. The minimum absolute atomic E-state index is 0.00208. The zero-order valence-electron chi connectivity index (χ0n) is 12.2. The van der Waals surface area contributed by atoms with Crippen molar-refractivity contribution in [2.75, 3.05) is 24.7 Å². The molecule has 0 spiro atoms. The summed E-state index contributed by atoms with van der Waals surface area (Å²) in [6.07, 6.45) is 0. The molecule has 0 radical (unpaired) electrons. The number of fused-ring (bicyclic) bond motifs is 1. The van der Waals surface area contributed by atoms with Crippen LogP contribution in [0, 0.1) is 0 Å². The van der Waals surface area contributed by atoms with Crippen LogP contribution in [0.25, 0.3) is 0 Å². The van der Waals surface area contributed by atoms with Gasteiger partial charge in [0.1, 0.15) is 18.1 Å². The van der Waals surface area contributed by atoms with Gasteiger partial charge >= 0.3 is 0 Å². The SMILES string of the molecule is NCc1ccc2c(c1)OCCN2C(=O)COc1ccccc1. The fraction of sp³-hybridized carbons (Fsp3) is 0.235. The Bertz CT molecular complexity index is 658. The Morgan fingerprint density at radius 1 is 1.23 bits per heavy atom. The highest BCUT2D eigenvalue weighted by Crippen LogP contribution is 2.32. The van der Waals surface area contributed by atoms with Gasteiger partial charge in [0.25, 0.3) is 5.91 Å². The smallest absolute Gasteiger partial charge is 0.265 e. The van der Waals surface area contributed by atoms with E-state index in [4.69, 9.17) is 15.2 Å². The average molecular weight is 298 g/mol. The number of nitrogens with zero attached hydrogens (tertiary/aromatic N) is 1. The van der Waals surface area contributed by atoms with Crippen molar-refractivity contribution in [3.8, 4) is 11.5 Å². The Hall–Kier alpha value is -2.53. The lowest BCUT2D eigenvalue weighted by molar-refractivity contribution is -0.120. The van der Waals surface area contributed by atoms with Crippen LogP contribution in [-0.4, -0.2) is 25.7 Å². The van der Waals surface area contributed by atoms with Crippen LogP contribution in [-0.2, 0) is 11.3 Å². The number of carbonyl (C=O) groups is 1. The maximum absolute atomic E-state index is 12.4. The minimum atomic E-state index is -0.0890. The molecule has 1 aliphatic rings. The zero-order chi connectivity index (χ0) is 15.4. The van der Waals surface area contributed by atoms with Crippen molar-refractivity contribution < 1.29 is 14.3 Å². The third-order valence-corrected chi connectivity index (χ3v) is 3.53. The van der Waals surface area contributed by atoms with Gasteiger partial charge in [0.15, 0.2) is 6.61 Å². The van der Waals surface area contributed by atoms with Crippen LogP contribution in [0.3, 0.4) is 0 Å². The Morgan fingerprint density at radius 2 is 2.05 bits per heavy atom. The van der Waals surface area contributed by atoms with Gasteiger partial charge in [-0.05, 0) is 29.8 Å². The summed E-state index contributed by atoms with van der Waals surface area (Å²) in [5, 5.41) is 0. The lowest BCUT2D eigenvalue weighted by Crippen LogP contribution is -2.40. The van der Waals surface area contributed by atoms with E-state index in [9.17, 15) is 4.79 Å². The number of amides is 1. The number of ether oxygens (including phenoxy) is 2. The molecule has 114 valence electrons. The molecule has 2 aromatic carbocycles. The zero-order valence-corrected chi connectivity index (χ0v) is 12.2. The van der Waals surface area contributed by atoms with Gasteiger partial charge in [-0.1, -0.05) is 24.3 Å². The second-order valence-corrected chi connectivity index (χ2v) is 5.00. The maximum Gasteiger partial charge on any atom is 0.265 e. The molecule has 5 heteroatoms. The van der Waals surface area contributed by atoms with Gasteiger partial charge < -0.3 is 20.1 Å². The van der Waals surface area contributed by atoms with E-state index >= 15 is 0 Å². The number of rotatable bonds is 4. The average Bonchev–Trinajstić information content (AvgIpc) is 2.59. The highest BCUT2D eigenvalue weighted by molar-refractivity contribution is 5.96. The summed E-state index contributed by atoms with van der Waals surface area (Å²) < 4.78 is 11.1. The number of nitrogens with two attached hydrogens (primary N) is 1. The van der Waals surface area contributed by atoms with Gasteiger partial charge in [0.05, 0.1) is 12.2 Å². The molecule has 5 nitrogen and oxygen atoms in total. The van der Waals surface area contributed by atoms with Gasteiger partial charge in [-0.15, -0.1) is 0 Å². The number of hydrogen-bond acceptors (Lipinski definition) is 4. The number of benzene rings is 2. The lowest BCUT2D eigenvalue weighted by Gasteiger charge is -2.29. The quantitative estimate of drug-likeness (QED) is 0.937. The van der Waals surface area contributed by atoms with Gasteiger partial charge in [-0.25, -0.2) is 0 Å². The minimum Gasteiger partial charge on any atom is -0.490 e. The number of anilines is 1. The molecule has 0 fully saturated rings. The molecular weight excluding hydrogens is 280 g/mol. The largest absolute Gasteiger partial charge is 0.490 e. The maximum atomic E-state index is 12.4. The molecule has 1 amide bonds. The molecule has 0 aliphatic carbocycles. The first kappa shape index (κ1) is 14.4. The first-order valence-corrected chi connectivity index (χ1v) is 7.22. The third-order valence-electron chi connectivity index (χ3n) is 3.53. The Labute approximate surface area is 129 Å². The van der Waals surface area contributed by atoms with Crippen LogP contribution < -0.4 is 20.1 Å². The summed E-state index contributed by atoms with van der Waals surface area (Å²) in [6.45, 7) is 1.44. The predicted molar refractivity (Wildman–Crippen MR) is 84.1 cm³/mol. The van der Waals surface area contributed by atoms with E-state index in [0.717, 1.165) is 11.3 Å². The van der Waals surface area contributed by atoms with Crippen LogP contribution in [0.4, 0.5) is 5.69 Å². The van der Waals surface area contributed by atoms with Gasteiger partial charge in [0.2, 0.25) is 0 Å². The Kier molecular flexibility index (Phi) is 4.25. The topological polar surface area (TPSA) is 64.8 Å². The van der Waals surface area contributed by atoms with E-state index in [0.29, 0.717) is 31.2 Å². The van der Waals surface area contributed by atoms with E-state index in [-0.39, 0.29) is 12.5 Å². The van der Waals surface area contributed by atoms with Crippen molar-refractivity contribution in [1.82, 2.24) is 0 Å². The van der Waals surface area contributed by atoms with Crippen LogP contribution in [0.1, 0.15) is 5.56 Å². The molecule has 0 saturated heterocycles. The molecule has 2 aromatic rings. The molecule has 0 bridgehead atoms. The molecular formula is C17H18N2O3. The summed E-state index contributed by atoms with van der Waals surface area (Å²) >= 11 is 0. The van der Waals surface area contributed by atoms with Crippen LogP contribution in [0.2, 0.25) is 0 Å². The molecule has 0 aromatic heterocycles. The monoisotopic (exact) mass is 298 g/mol. The van der Waals surface area contributed by atoms with Crippen molar-refractivity contribution in [1.29, 1.82) is 0 Å². The van der Waals surface area contributed by atoms with Crippen molar-refractivity contribution in [3.63, 3.8) is 0 Å². The van der Waals surface area contributed by atoms with Crippen molar-refractivity contribution >= 4 is 11.6 Å². The van der Waals surface area contributed by atoms with E-state index in [1.54, 1.807) is 4.90 Å². The highest BCUT2D eigenvalue weighted by Gasteiger charge is 2.24. The molecule has 0 saturated carbocycles. The second-order valence-electron chi connectivity index (χ2n) is 5.00. The van der Waals surface area contributed by atoms with Crippen molar-refractivity contribution in [2.24, 2.45) is 5.73 Å². The molecule has 2 N–H and O–H groups in total. The fourth-order valence-corrected chi connectivity index (χ4v) is 2.39. The van der Waals surface area contributed by atoms with Crippen LogP contribution >= 0.6 is 0 Å². The third kappa shape index (κ3) is 3.04. The first-order valence-electron chi connectivity index (χ1n) is 7.22. The highest BCUT2D eigenvalue weighted by atomic mass is 16.5. The van der Waals surface area contributed by atoms with Gasteiger partial charge in [0, 0.05) is 6.54 Å². The van der Waals surface area contributed by atoms with E-state index in [1.807, 2.05) is 48.5 Å². The second kappa shape index (κ2) is 6.49. The molecule has 0 atom stereocenters. The molecule has 0 unspecified atom stereocenters. The van der Waals surface area contributed by atoms with Crippen molar-refractivity contribution in [3.05, 3.63) is 54.1 Å². The summed E-state index contributed by atoms with van der Waals surface area (Å²) in [4.78, 5) is 14.1. The van der Waals surface area contributed by atoms with Crippen molar-refractivity contribution in [2.45, 2.75) is 6.54 Å². The number of carbonyl (C=O) groups excluding carboxylic acids is 1. The summed E-state index contributed by atoms with van der Waals surface area (Å²) in [7, 11) is 0. The fourth-order valence-electron chi connectivity index (χ4n) is 2.39. The Balaban J connectivity index is 1.72. The molecule has 22 heavy (non-hydrogen) atoms.